The van der Waals surface area contributed by atoms with Crippen molar-refractivity contribution >= 4 is 11.8 Å². The molecule has 0 heterocycles. The molecule has 0 aromatic heterocycles. The molecule has 1 aromatic carbocycles. The second kappa shape index (κ2) is 7.78. The lowest BCUT2D eigenvalue weighted by Crippen LogP contribution is -2.24. The molecule has 1 aromatic rings. The van der Waals surface area contributed by atoms with Crippen LogP contribution in [0.25, 0.3) is 0 Å². The highest BCUT2D eigenvalue weighted by molar-refractivity contribution is 7.98. The zero-order valence-electron chi connectivity index (χ0n) is 11.5. The molecule has 0 spiro atoms. The van der Waals surface area contributed by atoms with Crippen molar-refractivity contribution < 1.29 is 0 Å². The minimum atomic E-state index is 0.449. The Morgan fingerprint density at radius 3 is 2.35 bits per heavy atom. The van der Waals surface area contributed by atoms with Gasteiger partial charge in [0.1, 0.15) is 0 Å². The smallest absolute Gasteiger partial charge is 0.0291 e. The van der Waals surface area contributed by atoms with Gasteiger partial charge in [-0.25, -0.2) is 0 Å². The van der Waals surface area contributed by atoms with Crippen LogP contribution in [0, 0.1) is 5.92 Å². The van der Waals surface area contributed by atoms with Crippen molar-refractivity contribution in [3.8, 4) is 0 Å². The zero-order chi connectivity index (χ0) is 12.7. The van der Waals surface area contributed by atoms with Crippen LogP contribution in [-0.2, 0) is 0 Å². The molecule has 17 heavy (non-hydrogen) atoms. The Hall–Kier alpha value is -0.470. The Bertz CT molecular complexity index is 307. The Labute approximate surface area is 110 Å². The van der Waals surface area contributed by atoms with E-state index in [9.17, 15) is 0 Å². The quantitative estimate of drug-likeness (QED) is 0.716. The summed E-state index contributed by atoms with van der Waals surface area (Å²) >= 11 is 1.79. The van der Waals surface area contributed by atoms with Crippen LogP contribution in [0.2, 0.25) is 0 Å². The summed E-state index contributed by atoms with van der Waals surface area (Å²) in [6.07, 6.45) is 4.70. The summed E-state index contributed by atoms with van der Waals surface area (Å²) < 4.78 is 0. The highest BCUT2D eigenvalue weighted by Gasteiger charge is 2.06. The number of thioether (sulfide) groups is 1. The number of nitrogens with one attached hydrogen (secondary N) is 1. The average molecular weight is 251 g/mol. The summed E-state index contributed by atoms with van der Waals surface area (Å²) in [7, 11) is 0. The molecule has 0 radical (unpaired) electrons. The molecule has 1 nitrogen and oxygen atoms in total. The maximum Gasteiger partial charge on any atom is 0.0291 e. The molecule has 0 amide bonds. The first-order valence-electron chi connectivity index (χ1n) is 6.54. The molecular weight excluding hydrogens is 226 g/mol. The largest absolute Gasteiger partial charge is 0.310 e. The summed E-state index contributed by atoms with van der Waals surface area (Å²) in [5.74, 6) is 0.771. The number of benzene rings is 1. The van der Waals surface area contributed by atoms with E-state index in [1.54, 1.807) is 11.8 Å². The summed E-state index contributed by atoms with van der Waals surface area (Å²) in [6, 6.07) is 9.31. The van der Waals surface area contributed by atoms with Gasteiger partial charge in [0.05, 0.1) is 0 Å². The van der Waals surface area contributed by atoms with Crippen molar-refractivity contribution in [3.05, 3.63) is 29.8 Å². The SMILES string of the molecule is CCCC(C)CNC(C)c1ccc(SC)cc1. The fraction of sp³-hybridized carbons (Fsp3) is 0.600. The molecule has 0 aliphatic carbocycles. The molecule has 0 aliphatic heterocycles. The predicted molar refractivity (Wildman–Crippen MR) is 78.7 cm³/mol. The maximum absolute atomic E-state index is 3.61. The van der Waals surface area contributed by atoms with Gasteiger partial charge in [-0.1, -0.05) is 32.4 Å². The predicted octanol–water partition coefficient (Wildman–Crippen LogP) is 4.50. The van der Waals surface area contributed by atoms with E-state index in [2.05, 4.69) is 56.6 Å². The van der Waals surface area contributed by atoms with Crippen LogP contribution in [0.4, 0.5) is 0 Å². The fourth-order valence-electron chi connectivity index (χ4n) is 1.98. The molecule has 0 bridgehead atoms. The van der Waals surface area contributed by atoms with Crippen LogP contribution in [-0.4, -0.2) is 12.8 Å². The van der Waals surface area contributed by atoms with Gasteiger partial charge in [-0.3, -0.25) is 0 Å². The van der Waals surface area contributed by atoms with Crippen molar-refractivity contribution in [1.29, 1.82) is 0 Å². The Morgan fingerprint density at radius 2 is 1.82 bits per heavy atom. The van der Waals surface area contributed by atoms with E-state index in [-0.39, 0.29) is 0 Å². The second-order valence-electron chi connectivity index (χ2n) is 4.80. The number of rotatable bonds is 7. The minimum Gasteiger partial charge on any atom is -0.310 e. The van der Waals surface area contributed by atoms with Crippen molar-refractivity contribution in [2.45, 2.75) is 44.6 Å². The summed E-state index contributed by atoms with van der Waals surface area (Å²) in [6.45, 7) is 7.92. The lowest BCUT2D eigenvalue weighted by atomic mass is 10.0. The molecule has 0 fully saturated rings. The van der Waals surface area contributed by atoms with E-state index < -0.39 is 0 Å². The molecular formula is C15H25NS. The molecule has 96 valence electrons. The van der Waals surface area contributed by atoms with Gasteiger partial charge in [0.15, 0.2) is 0 Å². The van der Waals surface area contributed by atoms with E-state index in [4.69, 9.17) is 0 Å². The van der Waals surface area contributed by atoms with Gasteiger partial charge in [-0.05, 0) is 49.8 Å². The van der Waals surface area contributed by atoms with E-state index in [1.165, 1.54) is 23.3 Å². The molecule has 2 atom stereocenters. The van der Waals surface area contributed by atoms with E-state index >= 15 is 0 Å². The van der Waals surface area contributed by atoms with Crippen molar-refractivity contribution in [2.24, 2.45) is 5.92 Å². The van der Waals surface area contributed by atoms with Crippen LogP contribution in [0.15, 0.2) is 29.2 Å². The molecule has 0 saturated heterocycles. The Kier molecular flexibility index (Phi) is 6.68. The van der Waals surface area contributed by atoms with Gasteiger partial charge in [0.25, 0.3) is 0 Å². The number of hydrogen-bond acceptors (Lipinski definition) is 2. The summed E-state index contributed by atoms with van der Waals surface area (Å²) in [5, 5.41) is 3.61. The van der Waals surface area contributed by atoms with Crippen molar-refractivity contribution in [1.82, 2.24) is 5.32 Å². The minimum absolute atomic E-state index is 0.449. The third-order valence-electron chi connectivity index (χ3n) is 3.17. The van der Waals surface area contributed by atoms with Crippen LogP contribution in [0.1, 0.15) is 45.2 Å². The highest BCUT2D eigenvalue weighted by atomic mass is 32.2. The lowest BCUT2D eigenvalue weighted by molar-refractivity contribution is 0.444. The monoisotopic (exact) mass is 251 g/mol. The highest BCUT2D eigenvalue weighted by Crippen LogP contribution is 2.19. The molecule has 1 rings (SSSR count). The standard InChI is InChI=1S/C15H25NS/c1-5-6-12(2)11-16-13(3)14-7-9-15(17-4)10-8-14/h7-10,12-13,16H,5-6,11H2,1-4H3. The van der Waals surface area contributed by atoms with Gasteiger partial charge >= 0.3 is 0 Å². The normalized spacial score (nSPS) is 14.6. The average Bonchev–Trinajstić information content (AvgIpc) is 2.36. The lowest BCUT2D eigenvalue weighted by Gasteiger charge is -2.18. The maximum atomic E-state index is 3.61. The molecule has 1 N–H and O–H groups in total. The molecule has 0 aliphatic rings. The van der Waals surface area contributed by atoms with Gasteiger partial charge in [-0.15, -0.1) is 11.8 Å². The van der Waals surface area contributed by atoms with Crippen LogP contribution >= 0.6 is 11.8 Å². The summed E-state index contributed by atoms with van der Waals surface area (Å²) in [5.41, 5.74) is 1.38. The van der Waals surface area contributed by atoms with Crippen molar-refractivity contribution in [3.63, 3.8) is 0 Å². The first-order valence-corrected chi connectivity index (χ1v) is 7.77. The van der Waals surface area contributed by atoms with Gasteiger partial charge in [0.2, 0.25) is 0 Å². The topological polar surface area (TPSA) is 12.0 Å². The first kappa shape index (κ1) is 14.6. The Morgan fingerprint density at radius 1 is 1.18 bits per heavy atom. The first-order chi connectivity index (χ1) is 8.17. The fourth-order valence-corrected chi connectivity index (χ4v) is 2.39. The van der Waals surface area contributed by atoms with Crippen LogP contribution in [0.5, 0.6) is 0 Å². The number of hydrogen-bond donors (Lipinski definition) is 1. The van der Waals surface area contributed by atoms with Crippen LogP contribution < -0.4 is 5.32 Å². The molecule has 2 unspecified atom stereocenters. The van der Waals surface area contributed by atoms with Crippen molar-refractivity contribution in [2.75, 3.05) is 12.8 Å². The second-order valence-corrected chi connectivity index (χ2v) is 5.68. The molecule has 2 heteroatoms. The van der Waals surface area contributed by atoms with Crippen LogP contribution in [0.3, 0.4) is 0 Å². The van der Waals surface area contributed by atoms with E-state index in [0.717, 1.165) is 12.5 Å². The summed E-state index contributed by atoms with van der Waals surface area (Å²) in [4.78, 5) is 1.33. The van der Waals surface area contributed by atoms with E-state index in [0.29, 0.717) is 6.04 Å². The third-order valence-corrected chi connectivity index (χ3v) is 3.91. The molecule has 0 saturated carbocycles. The zero-order valence-corrected chi connectivity index (χ0v) is 12.3. The van der Waals surface area contributed by atoms with Gasteiger partial charge in [0, 0.05) is 10.9 Å². The van der Waals surface area contributed by atoms with Gasteiger partial charge < -0.3 is 5.32 Å². The Balaban J connectivity index is 2.43. The van der Waals surface area contributed by atoms with Gasteiger partial charge in [-0.2, -0.15) is 0 Å². The van der Waals surface area contributed by atoms with E-state index in [1.807, 2.05) is 0 Å². The third kappa shape index (κ3) is 5.13.